The molecule has 0 bridgehead atoms. The summed E-state index contributed by atoms with van der Waals surface area (Å²) in [6, 6.07) is 10.9. The van der Waals surface area contributed by atoms with Gasteiger partial charge in [0.15, 0.2) is 0 Å². The van der Waals surface area contributed by atoms with Gasteiger partial charge in [-0.25, -0.2) is 9.37 Å². The first-order valence-corrected chi connectivity index (χ1v) is 5.65. The molecule has 1 aromatic carbocycles. The monoisotopic (exact) mass is 230 g/mol. The van der Waals surface area contributed by atoms with Crippen LogP contribution in [0.2, 0.25) is 0 Å². The zero-order valence-electron chi connectivity index (χ0n) is 9.94. The normalized spacial score (nSPS) is 10.6. The summed E-state index contributed by atoms with van der Waals surface area (Å²) >= 11 is 0. The van der Waals surface area contributed by atoms with Crippen LogP contribution in [0.5, 0.6) is 0 Å². The summed E-state index contributed by atoms with van der Waals surface area (Å²) in [6.07, 6.45) is 1.67. The summed E-state index contributed by atoms with van der Waals surface area (Å²) in [6.45, 7) is 3.95. The number of hydrogen-bond acceptors (Lipinski definition) is 2. The molecule has 2 nitrogen and oxygen atoms in total. The van der Waals surface area contributed by atoms with Crippen molar-refractivity contribution in [2.75, 3.05) is 5.32 Å². The Bertz CT molecular complexity index is 495. The third-order valence-corrected chi connectivity index (χ3v) is 2.58. The van der Waals surface area contributed by atoms with Gasteiger partial charge in [-0.2, -0.15) is 0 Å². The molecule has 0 atom stereocenters. The predicted octanol–water partition coefficient (Wildman–Crippen LogP) is 4.09. The minimum atomic E-state index is -0.201. The number of rotatable bonds is 3. The highest BCUT2D eigenvalue weighted by molar-refractivity contribution is 5.58. The average molecular weight is 230 g/mol. The molecule has 0 aliphatic rings. The summed E-state index contributed by atoms with van der Waals surface area (Å²) in [7, 11) is 0. The molecule has 1 aromatic heterocycles. The standard InChI is InChI=1S/C14H15FN2/c1-10(2)11-6-5-7-12(14(11)15)17-13-8-3-4-9-16-13/h3-10H,1-2H3,(H,16,17). The van der Waals surface area contributed by atoms with Crippen molar-refractivity contribution in [3.63, 3.8) is 0 Å². The number of benzene rings is 1. The molecule has 1 N–H and O–H groups in total. The first-order chi connectivity index (χ1) is 8.18. The van der Waals surface area contributed by atoms with E-state index in [-0.39, 0.29) is 11.7 Å². The van der Waals surface area contributed by atoms with Crippen LogP contribution in [-0.2, 0) is 0 Å². The summed E-state index contributed by atoms with van der Waals surface area (Å²) in [5.41, 5.74) is 1.18. The fourth-order valence-corrected chi connectivity index (χ4v) is 1.67. The third kappa shape index (κ3) is 2.61. The van der Waals surface area contributed by atoms with Crippen LogP contribution in [0.25, 0.3) is 0 Å². The number of halogens is 1. The van der Waals surface area contributed by atoms with Crippen LogP contribution in [0.15, 0.2) is 42.6 Å². The lowest BCUT2D eigenvalue weighted by molar-refractivity contribution is 0.602. The van der Waals surface area contributed by atoms with E-state index in [4.69, 9.17) is 0 Å². The minimum absolute atomic E-state index is 0.167. The Hall–Kier alpha value is -1.90. The molecule has 0 saturated heterocycles. The van der Waals surface area contributed by atoms with Crippen LogP contribution in [0.3, 0.4) is 0 Å². The van der Waals surface area contributed by atoms with Crippen LogP contribution in [0.1, 0.15) is 25.3 Å². The van der Waals surface area contributed by atoms with Gasteiger partial charge in [0, 0.05) is 6.20 Å². The lowest BCUT2D eigenvalue weighted by atomic mass is 10.0. The number of pyridine rings is 1. The molecule has 17 heavy (non-hydrogen) atoms. The summed E-state index contributed by atoms with van der Waals surface area (Å²) in [5, 5.41) is 2.98. The molecular weight excluding hydrogens is 215 g/mol. The first kappa shape index (κ1) is 11.6. The Balaban J connectivity index is 2.31. The van der Waals surface area contributed by atoms with Gasteiger partial charge in [0.25, 0.3) is 0 Å². The molecule has 0 aliphatic heterocycles. The SMILES string of the molecule is CC(C)c1cccc(Nc2ccccn2)c1F. The van der Waals surface area contributed by atoms with Gasteiger partial charge in [0.1, 0.15) is 11.6 Å². The Morgan fingerprint density at radius 3 is 2.59 bits per heavy atom. The second-order valence-corrected chi connectivity index (χ2v) is 4.20. The van der Waals surface area contributed by atoms with Crippen LogP contribution in [0.4, 0.5) is 15.9 Å². The molecule has 0 fully saturated rings. The van der Waals surface area contributed by atoms with Crippen molar-refractivity contribution in [2.24, 2.45) is 0 Å². The van der Waals surface area contributed by atoms with E-state index in [2.05, 4.69) is 10.3 Å². The first-order valence-electron chi connectivity index (χ1n) is 5.65. The van der Waals surface area contributed by atoms with Gasteiger partial charge in [-0.1, -0.05) is 32.0 Å². The van der Waals surface area contributed by atoms with Gasteiger partial charge < -0.3 is 5.32 Å². The minimum Gasteiger partial charge on any atom is -0.338 e. The Morgan fingerprint density at radius 2 is 1.94 bits per heavy atom. The quantitative estimate of drug-likeness (QED) is 0.859. The summed E-state index contributed by atoms with van der Waals surface area (Å²) in [5.74, 6) is 0.612. The molecule has 0 amide bonds. The topological polar surface area (TPSA) is 24.9 Å². The highest BCUT2D eigenvalue weighted by Crippen LogP contribution is 2.25. The second-order valence-electron chi connectivity index (χ2n) is 4.20. The molecule has 2 rings (SSSR count). The molecule has 1 heterocycles. The zero-order valence-corrected chi connectivity index (χ0v) is 9.94. The van der Waals surface area contributed by atoms with E-state index in [1.165, 1.54) is 0 Å². The van der Waals surface area contributed by atoms with E-state index in [0.717, 1.165) is 0 Å². The largest absolute Gasteiger partial charge is 0.338 e. The average Bonchev–Trinajstić information content (AvgIpc) is 2.33. The van der Waals surface area contributed by atoms with Crippen molar-refractivity contribution in [3.8, 4) is 0 Å². The van der Waals surface area contributed by atoms with Gasteiger partial charge in [-0.3, -0.25) is 0 Å². The smallest absolute Gasteiger partial charge is 0.150 e. The molecule has 88 valence electrons. The molecule has 2 aromatic rings. The lowest BCUT2D eigenvalue weighted by Crippen LogP contribution is -2.00. The fourth-order valence-electron chi connectivity index (χ4n) is 1.67. The van der Waals surface area contributed by atoms with E-state index in [1.54, 1.807) is 12.3 Å². The van der Waals surface area contributed by atoms with Crippen LogP contribution < -0.4 is 5.32 Å². The molecule has 0 aliphatic carbocycles. The number of nitrogens with zero attached hydrogens (tertiary/aromatic N) is 1. The van der Waals surface area contributed by atoms with Crippen molar-refractivity contribution >= 4 is 11.5 Å². The van der Waals surface area contributed by atoms with E-state index in [1.807, 2.05) is 44.2 Å². The molecule has 0 saturated carbocycles. The van der Waals surface area contributed by atoms with Gasteiger partial charge in [-0.05, 0) is 29.7 Å². The Kier molecular flexibility index (Phi) is 3.38. The van der Waals surface area contributed by atoms with Gasteiger partial charge >= 0.3 is 0 Å². The van der Waals surface area contributed by atoms with Crippen molar-refractivity contribution in [2.45, 2.75) is 19.8 Å². The van der Waals surface area contributed by atoms with E-state index >= 15 is 0 Å². The maximum Gasteiger partial charge on any atom is 0.150 e. The lowest BCUT2D eigenvalue weighted by Gasteiger charge is -2.12. The maximum atomic E-state index is 14.1. The predicted molar refractivity (Wildman–Crippen MR) is 68.0 cm³/mol. The van der Waals surface area contributed by atoms with E-state index < -0.39 is 0 Å². The highest BCUT2D eigenvalue weighted by Gasteiger charge is 2.10. The van der Waals surface area contributed by atoms with Crippen molar-refractivity contribution in [1.82, 2.24) is 4.98 Å². The van der Waals surface area contributed by atoms with Gasteiger partial charge in [-0.15, -0.1) is 0 Å². The van der Waals surface area contributed by atoms with Gasteiger partial charge in [0.2, 0.25) is 0 Å². The molecule has 3 heteroatoms. The van der Waals surface area contributed by atoms with Crippen LogP contribution in [-0.4, -0.2) is 4.98 Å². The van der Waals surface area contributed by atoms with Crippen molar-refractivity contribution < 1.29 is 4.39 Å². The fraction of sp³-hybridized carbons (Fsp3) is 0.214. The van der Waals surface area contributed by atoms with Gasteiger partial charge in [0.05, 0.1) is 5.69 Å². The molecule has 0 spiro atoms. The van der Waals surface area contributed by atoms with Crippen molar-refractivity contribution in [3.05, 3.63) is 54.0 Å². The second kappa shape index (κ2) is 4.95. The maximum absolute atomic E-state index is 14.1. The highest BCUT2D eigenvalue weighted by atomic mass is 19.1. The number of hydrogen-bond donors (Lipinski definition) is 1. The third-order valence-electron chi connectivity index (χ3n) is 2.58. The Morgan fingerprint density at radius 1 is 1.12 bits per heavy atom. The van der Waals surface area contributed by atoms with E-state index in [0.29, 0.717) is 17.1 Å². The van der Waals surface area contributed by atoms with Crippen LogP contribution in [0, 0.1) is 5.82 Å². The Labute approximate surface area is 101 Å². The number of nitrogens with one attached hydrogen (secondary N) is 1. The number of aromatic nitrogens is 1. The summed E-state index contributed by atoms with van der Waals surface area (Å²) < 4.78 is 14.1. The van der Waals surface area contributed by atoms with E-state index in [9.17, 15) is 4.39 Å². The molecule has 0 radical (unpaired) electrons. The van der Waals surface area contributed by atoms with Crippen LogP contribution >= 0.6 is 0 Å². The van der Waals surface area contributed by atoms with Crippen molar-refractivity contribution in [1.29, 1.82) is 0 Å². The summed E-state index contributed by atoms with van der Waals surface area (Å²) in [4.78, 5) is 4.11. The number of anilines is 2. The zero-order chi connectivity index (χ0) is 12.3. The molecule has 0 unspecified atom stereocenters. The molecular formula is C14H15FN2.